The van der Waals surface area contributed by atoms with E-state index in [2.05, 4.69) is 4.72 Å². The highest BCUT2D eigenvalue weighted by molar-refractivity contribution is 7.89. The molecule has 2 aromatic rings. The van der Waals surface area contributed by atoms with Crippen molar-refractivity contribution in [1.82, 2.24) is 4.72 Å². The Kier molecular flexibility index (Phi) is 4.28. The summed E-state index contributed by atoms with van der Waals surface area (Å²) in [7, 11) is -3.64. The normalized spacial score (nSPS) is 15.2. The average molecular weight is 333 g/mol. The lowest BCUT2D eigenvalue weighted by molar-refractivity contribution is 0.171. The van der Waals surface area contributed by atoms with E-state index >= 15 is 0 Å². The van der Waals surface area contributed by atoms with Crippen LogP contribution in [0.1, 0.15) is 24.1 Å². The van der Waals surface area contributed by atoms with Crippen molar-refractivity contribution in [2.75, 3.05) is 13.2 Å². The summed E-state index contributed by atoms with van der Waals surface area (Å²) in [5.74, 6) is 1.03. The Balaban J connectivity index is 1.82. The Morgan fingerprint density at radius 3 is 2.35 bits per heavy atom. The predicted octanol–water partition coefficient (Wildman–Crippen LogP) is 2.81. The largest absolute Gasteiger partial charge is 0.486 e. The molecule has 1 atom stereocenters. The lowest BCUT2D eigenvalue weighted by Crippen LogP contribution is -2.27. The minimum Gasteiger partial charge on any atom is -0.486 e. The van der Waals surface area contributed by atoms with E-state index in [1.54, 1.807) is 6.07 Å². The summed E-state index contributed by atoms with van der Waals surface area (Å²) in [5, 5.41) is 0. The summed E-state index contributed by atoms with van der Waals surface area (Å²) in [6.07, 6.45) is 0. The van der Waals surface area contributed by atoms with Gasteiger partial charge in [0.25, 0.3) is 0 Å². The van der Waals surface area contributed by atoms with Gasteiger partial charge in [0.05, 0.1) is 4.90 Å². The Morgan fingerprint density at radius 1 is 1.00 bits per heavy atom. The molecular weight excluding hydrogens is 314 g/mol. The second-order valence-electron chi connectivity index (χ2n) is 5.56. The minimum absolute atomic E-state index is 0.167. The van der Waals surface area contributed by atoms with Gasteiger partial charge in [-0.3, -0.25) is 0 Å². The van der Waals surface area contributed by atoms with Gasteiger partial charge in [0.2, 0.25) is 10.0 Å². The van der Waals surface area contributed by atoms with Crippen LogP contribution in [-0.4, -0.2) is 21.6 Å². The van der Waals surface area contributed by atoms with Gasteiger partial charge in [0.15, 0.2) is 11.5 Å². The van der Waals surface area contributed by atoms with Gasteiger partial charge < -0.3 is 9.47 Å². The molecule has 0 spiro atoms. The van der Waals surface area contributed by atoms with E-state index in [0.29, 0.717) is 24.7 Å². The highest BCUT2D eigenvalue weighted by Crippen LogP contribution is 2.32. The van der Waals surface area contributed by atoms with Crippen molar-refractivity contribution in [2.45, 2.75) is 24.8 Å². The molecule has 6 heteroatoms. The molecule has 0 saturated heterocycles. The predicted molar refractivity (Wildman–Crippen MR) is 87.3 cm³/mol. The summed E-state index contributed by atoms with van der Waals surface area (Å²) in [6, 6.07) is 12.1. The molecule has 1 aliphatic rings. The van der Waals surface area contributed by atoms with Crippen molar-refractivity contribution in [3.8, 4) is 11.5 Å². The number of nitrogens with one attached hydrogen (secondary N) is 1. The molecule has 0 radical (unpaired) electrons. The van der Waals surface area contributed by atoms with Crippen molar-refractivity contribution in [3.05, 3.63) is 53.6 Å². The second-order valence-corrected chi connectivity index (χ2v) is 7.27. The molecule has 0 aliphatic carbocycles. The average Bonchev–Trinajstić information content (AvgIpc) is 2.54. The second kappa shape index (κ2) is 6.22. The van der Waals surface area contributed by atoms with E-state index < -0.39 is 10.0 Å². The smallest absolute Gasteiger partial charge is 0.241 e. The standard InChI is InChI=1S/C17H19NO4S/c1-12-3-5-14(6-4-12)13(2)18-23(19,20)15-7-8-16-17(11-15)22-10-9-21-16/h3-8,11,13,18H,9-10H2,1-2H3/t13-/m1/s1. The van der Waals surface area contributed by atoms with Gasteiger partial charge in [0.1, 0.15) is 13.2 Å². The van der Waals surface area contributed by atoms with Crippen LogP contribution in [0.25, 0.3) is 0 Å². The van der Waals surface area contributed by atoms with Crippen LogP contribution < -0.4 is 14.2 Å². The van der Waals surface area contributed by atoms with Crippen molar-refractivity contribution >= 4 is 10.0 Å². The van der Waals surface area contributed by atoms with Crippen LogP contribution in [0.5, 0.6) is 11.5 Å². The van der Waals surface area contributed by atoms with E-state index in [1.165, 1.54) is 12.1 Å². The van der Waals surface area contributed by atoms with Crippen molar-refractivity contribution < 1.29 is 17.9 Å². The molecule has 1 aliphatic heterocycles. The maximum absolute atomic E-state index is 12.6. The maximum atomic E-state index is 12.6. The molecule has 0 unspecified atom stereocenters. The number of fused-ring (bicyclic) bond motifs is 1. The molecule has 5 nitrogen and oxygen atoms in total. The molecule has 0 amide bonds. The molecule has 1 N–H and O–H groups in total. The third kappa shape index (κ3) is 3.48. The number of rotatable bonds is 4. The molecule has 0 aromatic heterocycles. The highest BCUT2D eigenvalue weighted by Gasteiger charge is 2.21. The number of hydrogen-bond acceptors (Lipinski definition) is 4. The van der Waals surface area contributed by atoms with Crippen molar-refractivity contribution in [3.63, 3.8) is 0 Å². The van der Waals surface area contributed by atoms with Crippen LogP contribution in [0.15, 0.2) is 47.4 Å². The van der Waals surface area contributed by atoms with E-state index in [-0.39, 0.29) is 10.9 Å². The fraction of sp³-hybridized carbons (Fsp3) is 0.294. The molecule has 0 fully saturated rings. The lowest BCUT2D eigenvalue weighted by Gasteiger charge is -2.20. The summed E-state index contributed by atoms with van der Waals surface area (Å²) < 4.78 is 38.7. The van der Waals surface area contributed by atoms with Gasteiger partial charge >= 0.3 is 0 Å². The third-order valence-electron chi connectivity index (χ3n) is 3.73. The molecule has 23 heavy (non-hydrogen) atoms. The zero-order chi connectivity index (χ0) is 16.4. The van der Waals surface area contributed by atoms with Gasteiger partial charge in [-0.1, -0.05) is 29.8 Å². The number of sulfonamides is 1. The van der Waals surface area contributed by atoms with Gasteiger partial charge in [-0.15, -0.1) is 0 Å². The highest BCUT2D eigenvalue weighted by atomic mass is 32.2. The molecule has 1 heterocycles. The minimum atomic E-state index is -3.64. The maximum Gasteiger partial charge on any atom is 0.241 e. The van der Waals surface area contributed by atoms with Crippen LogP contribution in [0.4, 0.5) is 0 Å². The first-order valence-electron chi connectivity index (χ1n) is 7.44. The monoisotopic (exact) mass is 333 g/mol. The fourth-order valence-electron chi connectivity index (χ4n) is 2.41. The summed E-state index contributed by atoms with van der Waals surface area (Å²) >= 11 is 0. The summed E-state index contributed by atoms with van der Waals surface area (Å²) in [5.41, 5.74) is 2.05. The van der Waals surface area contributed by atoms with Gasteiger partial charge in [-0.05, 0) is 31.5 Å². The van der Waals surface area contributed by atoms with Crippen LogP contribution in [-0.2, 0) is 10.0 Å². The quantitative estimate of drug-likeness (QED) is 0.934. The van der Waals surface area contributed by atoms with E-state index in [4.69, 9.17) is 9.47 Å². The Morgan fingerprint density at radius 2 is 1.65 bits per heavy atom. The van der Waals surface area contributed by atoms with Gasteiger partial charge in [-0.2, -0.15) is 0 Å². The van der Waals surface area contributed by atoms with E-state index in [0.717, 1.165) is 11.1 Å². The summed E-state index contributed by atoms with van der Waals surface area (Å²) in [4.78, 5) is 0.167. The number of ether oxygens (including phenoxy) is 2. The fourth-order valence-corrected chi connectivity index (χ4v) is 3.66. The Bertz CT molecular complexity index is 800. The Hall–Kier alpha value is -2.05. The van der Waals surface area contributed by atoms with E-state index in [1.807, 2.05) is 38.1 Å². The summed E-state index contributed by atoms with van der Waals surface area (Å²) in [6.45, 7) is 4.71. The van der Waals surface area contributed by atoms with Gasteiger partial charge in [-0.25, -0.2) is 13.1 Å². The molecule has 122 valence electrons. The molecule has 2 aromatic carbocycles. The molecule has 0 bridgehead atoms. The number of benzene rings is 2. The van der Waals surface area contributed by atoms with E-state index in [9.17, 15) is 8.42 Å². The number of hydrogen-bond donors (Lipinski definition) is 1. The first kappa shape index (κ1) is 15.8. The van der Waals surface area contributed by atoms with Gasteiger partial charge in [0, 0.05) is 12.1 Å². The van der Waals surface area contributed by atoms with Crippen molar-refractivity contribution in [1.29, 1.82) is 0 Å². The molecule has 3 rings (SSSR count). The molecule has 0 saturated carbocycles. The van der Waals surface area contributed by atoms with Crippen LogP contribution >= 0.6 is 0 Å². The first-order valence-corrected chi connectivity index (χ1v) is 8.92. The lowest BCUT2D eigenvalue weighted by atomic mass is 10.1. The zero-order valence-corrected chi connectivity index (χ0v) is 13.9. The first-order chi connectivity index (χ1) is 11.0. The third-order valence-corrected chi connectivity index (χ3v) is 5.27. The van der Waals surface area contributed by atoms with Crippen LogP contribution in [0.3, 0.4) is 0 Å². The number of aryl methyl sites for hydroxylation is 1. The van der Waals surface area contributed by atoms with Crippen LogP contribution in [0, 0.1) is 6.92 Å². The van der Waals surface area contributed by atoms with Crippen molar-refractivity contribution in [2.24, 2.45) is 0 Å². The van der Waals surface area contributed by atoms with Crippen LogP contribution in [0.2, 0.25) is 0 Å². The zero-order valence-electron chi connectivity index (χ0n) is 13.1. The molecular formula is C17H19NO4S. The topological polar surface area (TPSA) is 64.6 Å². The Labute approximate surface area is 136 Å². The SMILES string of the molecule is Cc1ccc([C@@H](C)NS(=O)(=O)c2ccc3c(c2)OCCO3)cc1.